The molecule has 164 valence electrons. The van der Waals surface area contributed by atoms with Crippen LogP contribution in [-0.4, -0.2) is 18.0 Å². The van der Waals surface area contributed by atoms with E-state index >= 15 is 0 Å². The van der Waals surface area contributed by atoms with Crippen LogP contribution >= 0.6 is 0 Å². The molecule has 5 atom stereocenters. The molecule has 0 N–H and O–H groups in total. The first kappa shape index (κ1) is 22.4. The van der Waals surface area contributed by atoms with E-state index in [4.69, 9.17) is 13.9 Å². The van der Waals surface area contributed by atoms with E-state index in [2.05, 4.69) is 13.8 Å². The van der Waals surface area contributed by atoms with Crippen LogP contribution in [0.2, 0.25) is 0 Å². The number of rotatable bonds is 4. The molecule has 1 aromatic rings. The van der Waals surface area contributed by atoms with Crippen molar-refractivity contribution in [3.63, 3.8) is 0 Å². The fraction of sp³-hybridized carbons (Fsp3) is 0.600. The minimum atomic E-state index is -0.438. The zero-order chi connectivity index (χ0) is 22.2. The number of esters is 2. The van der Waals surface area contributed by atoms with Gasteiger partial charge in [0.25, 0.3) is 0 Å². The highest BCUT2D eigenvalue weighted by Gasteiger charge is 2.57. The SMILES string of the molecule is C/C=C(\C)C(=O)O[C@@H]1c2c(C)coc2C[C@H]2CC[C@H](OC(=O)C=C(C)C)[C@H](C)[C@]21C. The lowest BCUT2D eigenvalue weighted by Gasteiger charge is -2.54. The van der Waals surface area contributed by atoms with Gasteiger partial charge in [-0.2, -0.15) is 0 Å². The predicted octanol–water partition coefficient (Wildman–Crippen LogP) is 5.63. The number of fused-ring (bicyclic) bond motifs is 2. The lowest BCUT2D eigenvalue weighted by atomic mass is 9.53. The predicted molar refractivity (Wildman–Crippen MR) is 115 cm³/mol. The Hall–Kier alpha value is -2.30. The normalized spacial score (nSPS) is 30.7. The molecule has 0 amide bonds. The molecule has 0 aliphatic heterocycles. The molecule has 0 bridgehead atoms. The molecule has 0 radical (unpaired) electrons. The monoisotopic (exact) mass is 414 g/mol. The van der Waals surface area contributed by atoms with Crippen molar-refractivity contribution in [2.24, 2.45) is 17.3 Å². The van der Waals surface area contributed by atoms with Gasteiger partial charge >= 0.3 is 11.9 Å². The van der Waals surface area contributed by atoms with Gasteiger partial charge in [-0.3, -0.25) is 0 Å². The summed E-state index contributed by atoms with van der Waals surface area (Å²) in [5, 5.41) is 0. The minimum absolute atomic E-state index is 0.0249. The van der Waals surface area contributed by atoms with Crippen LogP contribution in [0.15, 0.2) is 34.0 Å². The average molecular weight is 415 g/mol. The van der Waals surface area contributed by atoms with E-state index in [1.807, 2.05) is 27.7 Å². The summed E-state index contributed by atoms with van der Waals surface area (Å²) < 4.78 is 17.9. The first-order valence-electron chi connectivity index (χ1n) is 10.9. The third-order valence-corrected chi connectivity index (χ3v) is 7.23. The van der Waals surface area contributed by atoms with Gasteiger partial charge in [-0.15, -0.1) is 0 Å². The standard InChI is InChI=1S/C25H34O5/c1-8-15(4)24(27)30-23-22-16(5)13-28-20(22)12-18-9-10-19(17(6)25(18,23)7)29-21(26)11-14(2)3/h8,11,13,17-19,23H,9-10,12H2,1-7H3/b15-8+/t17-,18+,19-,23+,25+/m0/s1. The second-order valence-corrected chi connectivity index (χ2v) is 9.34. The number of carbonyl (C=O) groups excluding carboxylic acids is 2. The Balaban J connectivity index is 1.99. The topological polar surface area (TPSA) is 65.7 Å². The van der Waals surface area contributed by atoms with Gasteiger partial charge in [-0.05, 0) is 58.9 Å². The summed E-state index contributed by atoms with van der Waals surface area (Å²) in [5.74, 6) is 0.609. The molecule has 5 nitrogen and oxygen atoms in total. The van der Waals surface area contributed by atoms with Gasteiger partial charge in [0.05, 0.1) is 6.26 Å². The zero-order valence-electron chi connectivity index (χ0n) is 19.2. The second kappa shape index (κ2) is 8.44. The van der Waals surface area contributed by atoms with E-state index in [0.29, 0.717) is 5.57 Å². The summed E-state index contributed by atoms with van der Waals surface area (Å²) in [7, 11) is 0. The molecular weight excluding hydrogens is 380 g/mol. The Labute approximate surface area is 179 Å². The number of ether oxygens (including phenoxy) is 2. The quantitative estimate of drug-likeness (QED) is 0.472. The Morgan fingerprint density at radius 1 is 1.20 bits per heavy atom. The van der Waals surface area contributed by atoms with E-state index < -0.39 is 6.10 Å². The van der Waals surface area contributed by atoms with Crippen LogP contribution in [0.1, 0.15) is 77.4 Å². The van der Waals surface area contributed by atoms with Crippen molar-refractivity contribution < 1.29 is 23.5 Å². The highest BCUT2D eigenvalue weighted by molar-refractivity contribution is 5.88. The molecular formula is C25H34O5. The number of hydrogen-bond acceptors (Lipinski definition) is 5. The molecule has 0 saturated heterocycles. The van der Waals surface area contributed by atoms with Crippen LogP contribution in [0.5, 0.6) is 0 Å². The number of carbonyl (C=O) groups is 2. The van der Waals surface area contributed by atoms with Crippen molar-refractivity contribution >= 4 is 11.9 Å². The maximum absolute atomic E-state index is 12.8. The number of aryl methyl sites for hydroxylation is 1. The van der Waals surface area contributed by atoms with Gasteiger partial charge in [0.15, 0.2) is 0 Å². The molecule has 1 fully saturated rings. The Kier molecular flexibility index (Phi) is 6.30. The minimum Gasteiger partial charge on any atom is -0.469 e. The van der Waals surface area contributed by atoms with Gasteiger partial charge in [-0.1, -0.05) is 25.5 Å². The number of furan rings is 1. The molecule has 1 heterocycles. The van der Waals surface area contributed by atoms with Crippen molar-refractivity contribution in [1.82, 2.24) is 0 Å². The maximum atomic E-state index is 12.8. The summed E-state index contributed by atoms with van der Waals surface area (Å²) in [6.07, 6.45) is 6.91. The van der Waals surface area contributed by atoms with E-state index in [9.17, 15) is 9.59 Å². The van der Waals surface area contributed by atoms with Crippen LogP contribution in [0.3, 0.4) is 0 Å². The molecule has 2 aliphatic carbocycles. The van der Waals surface area contributed by atoms with Gasteiger partial charge in [0, 0.05) is 35.0 Å². The lowest BCUT2D eigenvalue weighted by Crippen LogP contribution is -2.53. The molecule has 3 rings (SSSR count). The summed E-state index contributed by atoms with van der Waals surface area (Å²) in [4.78, 5) is 25.1. The molecule has 5 heteroatoms. The third-order valence-electron chi connectivity index (χ3n) is 7.23. The molecule has 1 aromatic heterocycles. The highest BCUT2D eigenvalue weighted by atomic mass is 16.6. The largest absolute Gasteiger partial charge is 0.469 e. The summed E-state index contributed by atoms with van der Waals surface area (Å²) in [6.45, 7) is 13.7. The molecule has 0 unspecified atom stereocenters. The van der Waals surface area contributed by atoms with Crippen molar-refractivity contribution in [2.75, 3.05) is 0 Å². The first-order valence-corrected chi connectivity index (χ1v) is 10.9. The van der Waals surface area contributed by atoms with Gasteiger partial charge < -0.3 is 13.9 Å². The molecule has 2 aliphatic rings. The van der Waals surface area contributed by atoms with Crippen LogP contribution < -0.4 is 0 Å². The summed E-state index contributed by atoms with van der Waals surface area (Å²) >= 11 is 0. The Morgan fingerprint density at radius 2 is 1.90 bits per heavy atom. The fourth-order valence-corrected chi connectivity index (χ4v) is 5.11. The van der Waals surface area contributed by atoms with Gasteiger partial charge in [0.2, 0.25) is 0 Å². The van der Waals surface area contributed by atoms with Crippen molar-refractivity contribution in [2.45, 2.75) is 79.9 Å². The van der Waals surface area contributed by atoms with E-state index in [1.165, 1.54) is 6.08 Å². The smallest absolute Gasteiger partial charge is 0.334 e. The van der Waals surface area contributed by atoms with E-state index in [1.54, 1.807) is 19.3 Å². The Morgan fingerprint density at radius 3 is 2.53 bits per heavy atom. The Bertz CT molecular complexity index is 885. The maximum Gasteiger partial charge on any atom is 0.334 e. The molecule has 0 spiro atoms. The second-order valence-electron chi connectivity index (χ2n) is 9.34. The zero-order valence-corrected chi connectivity index (χ0v) is 19.2. The number of allylic oxidation sites excluding steroid dienone is 2. The average Bonchev–Trinajstić information content (AvgIpc) is 3.04. The summed E-state index contributed by atoms with van der Waals surface area (Å²) in [5.41, 5.74) is 3.11. The van der Waals surface area contributed by atoms with Gasteiger partial charge in [0.1, 0.15) is 18.0 Å². The molecule has 1 saturated carbocycles. The van der Waals surface area contributed by atoms with Gasteiger partial charge in [-0.25, -0.2) is 9.59 Å². The van der Waals surface area contributed by atoms with E-state index in [-0.39, 0.29) is 35.3 Å². The van der Waals surface area contributed by atoms with Crippen LogP contribution in [0.4, 0.5) is 0 Å². The third kappa shape index (κ3) is 3.86. The van der Waals surface area contributed by atoms with Crippen LogP contribution in [0, 0.1) is 24.2 Å². The molecule has 0 aromatic carbocycles. The van der Waals surface area contributed by atoms with Crippen LogP contribution in [-0.2, 0) is 25.5 Å². The van der Waals surface area contributed by atoms with Crippen molar-refractivity contribution in [1.29, 1.82) is 0 Å². The summed E-state index contributed by atoms with van der Waals surface area (Å²) in [6, 6.07) is 0. The first-order chi connectivity index (χ1) is 14.1. The molecule has 30 heavy (non-hydrogen) atoms. The van der Waals surface area contributed by atoms with Crippen molar-refractivity contribution in [3.8, 4) is 0 Å². The fourth-order valence-electron chi connectivity index (χ4n) is 5.11. The highest BCUT2D eigenvalue weighted by Crippen LogP contribution is 2.60. The van der Waals surface area contributed by atoms with Crippen molar-refractivity contribution in [3.05, 3.63) is 46.4 Å². The van der Waals surface area contributed by atoms with E-state index in [0.717, 1.165) is 41.7 Å². The van der Waals surface area contributed by atoms with Crippen LogP contribution in [0.25, 0.3) is 0 Å². The lowest BCUT2D eigenvalue weighted by molar-refractivity contribution is -0.183. The number of hydrogen-bond donors (Lipinski definition) is 0.